The summed E-state index contributed by atoms with van der Waals surface area (Å²) in [4.78, 5) is 12.4. The van der Waals surface area contributed by atoms with Gasteiger partial charge in [-0.15, -0.1) is 11.3 Å². The van der Waals surface area contributed by atoms with Gasteiger partial charge in [-0.05, 0) is 32.9 Å². The second-order valence-corrected chi connectivity index (χ2v) is 4.50. The molecule has 3 heteroatoms. The molecule has 0 radical (unpaired) electrons. The molecule has 1 heterocycles. The van der Waals surface area contributed by atoms with Gasteiger partial charge in [0, 0.05) is 0 Å². The van der Waals surface area contributed by atoms with E-state index in [1.165, 1.54) is 0 Å². The highest BCUT2D eigenvalue weighted by atomic mass is 79.9. The maximum Gasteiger partial charge on any atom is 0.195 e. The maximum absolute atomic E-state index is 11.4. The molecule has 0 saturated carbocycles. The molecular formula is C11H7BrOS. The molecule has 14 heavy (non-hydrogen) atoms. The first-order chi connectivity index (χ1) is 6.79. The predicted molar refractivity (Wildman–Crippen MR) is 63.7 cm³/mol. The summed E-state index contributed by atoms with van der Waals surface area (Å²) in [6.45, 7) is 0. The van der Waals surface area contributed by atoms with Crippen molar-refractivity contribution in [3.63, 3.8) is 0 Å². The second-order valence-electron chi connectivity index (χ2n) is 2.79. The Balaban J connectivity index is 2.64. The lowest BCUT2D eigenvalue weighted by Gasteiger charge is -2.01. The van der Waals surface area contributed by atoms with Crippen LogP contribution in [0.15, 0.2) is 51.0 Å². The fourth-order valence-electron chi connectivity index (χ4n) is 1.18. The predicted octanol–water partition coefficient (Wildman–Crippen LogP) is 3.54. The Morgan fingerprint density at radius 2 is 1.79 bits per heavy atom. The minimum absolute atomic E-state index is 0.0302. The van der Waals surface area contributed by atoms with Gasteiger partial charge in [-0.25, -0.2) is 0 Å². The third-order valence-electron chi connectivity index (χ3n) is 1.86. The molecule has 0 amide bonds. The van der Waals surface area contributed by atoms with Crippen LogP contribution in [0, 0.1) is 0 Å². The topological polar surface area (TPSA) is 17.1 Å². The molecule has 0 fully saturated rings. The molecule has 1 aromatic carbocycles. The van der Waals surface area contributed by atoms with Crippen molar-refractivity contribution in [1.82, 2.24) is 0 Å². The van der Waals surface area contributed by atoms with E-state index in [9.17, 15) is 4.79 Å². The number of hydrogen-bond donors (Lipinski definition) is 0. The summed E-state index contributed by atoms with van der Waals surface area (Å²) in [6, 6.07) is 11.5. The zero-order valence-corrected chi connectivity index (χ0v) is 9.64. The molecule has 0 unspecified atom stereocenters. The highest BCUT2D eigenvalue weighted by molar-refractivity contribution is 9.10. The molecule has 1 nitrogen and oxygen atoms in total. The molecule has 0 spiro atoms. The Labute approximate surface area is 94.2 Å². The average molecular weight is 267 g/mol. The fraction of sp³-hybridized carbons (Fsp3) is 0. The summed E-state index contributed by atoms with van der Waals surface area (Å²) in [6.07, 6.45) is 0. The summed E-state index contributed by atoms with van der Waals surface area (Å²) < 4.78 is 0.649. The molecule has 0 N–H and O–H groups in total. The SMILES string of the molecule is O=c1ccsc(-c2ccccc2)c1Br. The normalized spacial score (nSPS) is 10.1. The lowest BCUT2D eigenvalue weighted by molar-refractivity contribution is 1.58. The van der Waals surface area contributed by atoms with E-state index in [0.717, 1.165) is 10.4 Å². The van der Waals surface area contributed by atoms with Crippen LogP contribution < -0.4 is 5.43 Å². The Morgan fingerprint density at radius 3 is 2.50 bits per heavy atom. The number of benzene rings is 1. The van der Waals surface area contributed by atoms with Crippen LogP contribution in [0.4, 0.5) is 0 Å². The van der Waals surface area contributed by atoms with Crippen molar-refractivity contribution in [1.29, 1.82) is 0 Å². The summed E-state index contributed by atoms with van der Waals surface area (Å²) in [5, 5.41) is 1.81. The fourth-order valence-corrected chi connectivity index (χ4v) is 2.63. The van der Waals surface area contributed by atoms with E-state index in [0.29, 0.717) is 4.47 Å². The lowest BCUT2D eigenvalue weighted by atomic mass is 10.2. The summed E-state index contributed by atoms with van der Waals surface area (Å²) in [5.41, 5.74) is 1.10. The Morgan fingerprint density at radius 1 is 1.07 bits per heavy atom. The van der Waals surface area contributed by atoms with Crippen molar-refractivity contribution in [3.05, 3.63) is 56.5 Å². The standard InChI is InChI=1S/C11H7BrOS/c12-10-9(13)6-7-14-11(10)8-4-2-1-3-5-8/h1-7H. The summed E-state index contributed by atoms with van der Waals surface area (Å²) in [7, 11) is 0. The van der Waals surface area contributed by atoms with E-state index in [2.05, 4.69) is 15.9 Å². The van der Waals surface area contributed by atoms with Crippen molar-refractivity contribution in [2.24, 2.45) is 0 Å². The molecule has 70 valence electrons. The van der Waals surface area contributed by atoms with Gasteiger partial charge in [-0.1, -0.05) is 30.3 Å². The molecule has 0 aliphatic heterocycles. The molecule has 2 aromatic rings. The molecule has 0 aliphatic rings. The van der Waals surface area contributed by atoms with Crippen LogP contribution in [-0.4, -0.2) is 0 Å². The van der Waals surface area contributed by atoms with Crippen LogP contribution in [0.5, 0.6) is 0 Å². The van der Waals surface area contributed by atoms with Crippen molar-refractivity contribution < 1.29 is 0 Å². The number of halogens is 1. The van der Waals surface area contributed by atoms with E-state index in [1.807, 2.05) is 35.7 Å². The van der Waals surface area contributed by atoms with Crippen LogP contribution in [0.3, 0.4) is 0 Å². The van der Waals surface area contributed by atoms with Gasteiger partial charge in [0.25, 0.3) is 0 Å². The minimum Gasteiger partial charge on any atom is -0.289 e. The zero-order valence-electron chi connectivity index (χ0n) is 7.24. The Kier molecular flexibility index (Phi) is 2.79. The van der Waals surface area contributed by atoms with Gasteiger partial charge in [0.1, 0.15) is 0 Å². The number of hydrogen-bond acceptors (Lipinski definition) is 2. The average Bonchev–Trinajstić information content (AvgIpc) is 2.23. The first kappa shape index (κ1) is 9.62. The first-order valence-corrected chi connectivity index (χ1v) is 5.79. The third-order valence-corrected chi connectivity index (χ3v) is 3.85. The van der Waals surface area contributed by atoms with Gasteiger partial charge in [0.2, 0.25) is 0 Å². The largest absolute Gasteiger partial charge is 0.289 e. The van der Waals surface area contributed by atoms with Crippen LogP contribution in [-0.2, 0) is 0 Å². The third kappa shape index (κ3) is 1.79. The number of rotatable bonds is 1. The molecule has 0 atom stereocenters. The van der Waals surface area contributed by atoms with Crippen LogP contribution in [0.1, 0.15) is 0 Å². The molecule has 0 bridgehead atoms. The first-order valence-electron chi connectivity index (χ1n) is 4.12. The van der Waals surface area contributed by atoms with Gasteiger partial charge in [0.15, 0.2) is 5.43 Å². The Hall–Kier alpha value is -0.930. The lowest BCUT2D eigenvalue weighted by Crippen LogP contribution is -1.98. The summed E-state index contributed by atoms with van der Waals surface area (Å²) in [5.74, 6) is 0. The van der Waals surface area contributed by atoms with Crippen LogP contribution in [0.25, 0.3) is 10.4 Å². The van der Waals surface area contributed by atoms with Crippen LogP contribution >= 0.6 is 27.3 Å². The minimum atomic E-state index is 0.0302. The Bertz CT molecular complexity index is 490. The highest BCUT2D eigenvalue weighted by Gasteiger charge is 2.05. The highest BCUT2D eigenvalue weighted by Crippen LogP contribution is 2.28. The van der Waals surface area contributed by atoms with Gasteiger partial charge in [-0.2, -0.15) is 0 Å². The maximum atomic E-state index is 11.4. The van der Waals surface area contributed by atoms with E-state index in [4.69, 9.17) is 0 Å². The van der Waals surface area contributed by atoms with E-state index in [-0.39, 0.29) is 5.43 Å². The van der Waals surface area contributed by atoms with Gasteiger partial charge >= 0.3 is 0 Å². The van der Waals surface area contributed by atoms with E-state index in [1.54, 1.807) is 17.4 Å². The van der Waals surface area contributed by atoms with Gasteiger partial charge < -0.3 is 0 Å². The molecule has 0 aliphatic carbocycles. The van der Waals surface area contributed by atoms with Crippen molar-refractivity contribution in [2.45, 2.75) is 0 Å². The smallest absolute Gasteiger partial charge is 0.195 e. The van der Waals surface area contributed by atoms with E-state index < -0.39 is 0 Å². The molecular weight excluding hydrogens is 260 g/mol. The molecule has 2 rings (SSSR count). The van der Waals surface area contributed by atoms with Crippen molar-refractivity contribution in [3.8, 4) is 10.4 Å². The van der Waals surface area contributed by atoms with Crippen molar-refractivity contribution >= 4 is 27.3 Å². The van der Waals surface area contributed by atoms with Gasteiger partial charge in [-0.3, -0.25) is 4.79 Å². The monoisotopic (exact) mass is 266 g/mol. The van der Waals surface area contributed by atoms with Gasteiger partial charge in [0.05, 0.1) is 9.35 Å². The van der Waals surface area contributed by atoms with E-state index >= 15 is 0 Å². The second kappa shape index (κ2) is 4.07. The van der Waals surface area contributed by atoms with Crippen LogP contribution in [0.2, 0.25) is 0 Å². The quantitative estimate of drug-likeness (QED) is 0.772. The summed E-state index contributed by atoms with van der Waals surface area (Å²) >= 11 is 4.87. The molecule has 1 aromatic heterocycles. The molecule has 0 saturated heterocycles. The van der Waals surface area contributed by atoms with Crippen molar-refractivity contribution in [2.75, 3.05) is 0 Å². The zero-order chi connectivity index (χ0) is 9.97.